The second-order valence-corrected chi connectivity index (χ2v) is 6.59. The van der Waals surface area contributed by atoms with Gasteiger partial charge in [0.1, 0.15) is 11.6 Å². The number of hydrogen-bond donors (Lipinski definition) is 1. The molecule has 0 atom stereocenters. The zero-order valence-electron chi connectivity index (χ0n) is 15.5. The van der Waals surface area contributed by atoms with Gasteiger partial charge in [-0.3, -0.25) is 4.79 Å². The number of nitrogens with one attached hydrogen (secondary N) is 1. The fraction of sp³-hybridized carbons (Fsp3) is 0.190. The molecule has 10 heteroatoms. The first kappa shape index (κ1) is 22.7. The molecule has 1 aliphatic heterocycles. The molecule has 2 aromatic rings. The third-order valence-electron chi connectivity index (χ3n) is 4.61. The lowest BCUT2D eigenvalue weighted by molar-refractivity contribution is -0.114. The number of ketones is 1. The Balaban J connectivity index is 2.32. The predicted octanol–water partition coefficient (Wildman–Crippen LogP) is 5.47. The maximum Gasteiger partial charge on any atom is 0.417 e. The highest BCUT2D eigenvalue weighted by Crippen LogP contribution is 2.42. The largest absolute Gasteiger partial charge is 0.417 e. The van der Waals surface area contributed by atoms with E-state index in [2.05, 4.69) is 5.32 Å². The number of Topliss-reactive ketones (excluding diaryl/α,β-unsaturated/α-hetero) is 1. The molecule has 1 N–H and O–H groups in total. The minimum atomic E-state index is -5.24. The highest BCUT2D eigenvalue weighted by Gasteiger charge is 2.45. The van der Waals surface area contributed by atoms with Gasteiger partial charge in [-0.15, -0.1) is 0 Å². The van der Waals surface area contributed by atoms with Crippen LogP contribution in [0.2, 0.25) is 0 Å². The monoisotopic (exact) mass is 447 g/mol. The fourth-order valence-corrected chi connectivity index (χ4v) is 3.36. The van der Waals surface area contributed by atoms with Gasteiger partial charge < -0.3 is 5.32 Å². The zero-order valence-corrected chi connectivity index (χ0v) is 15.5. The summed E-state index contributed by atoms with van der Waals surface area (Å²) in [5.74, 6) is -4.17. The SMILES string of the molecule is O=C1C(=C(c2ccccc2F)C(F)(F)F)CNCC1=C(c1ccccc1F)C(F)(F)F. The van der Waals surface area contributed by atoms with Gasteiger partial charge in [0.15, 0.2) is 5.78 Å². The van der Waals surface area contributed by atoms with E-state index in [0.29, 0.717) is 0 Å². The Morgan fingerprint density at radius 2 is 1.03 bits per heavy atom. The molecule has 1 aliphatic rings. The van der Waals surface area contributed by atoms with Crippen LogP contribution in [0.1, 0.15) is 11.1 Å². The molecule has 2 aromatic carbocycles. The Kier molecular flexibility index (Phi) is 6.04. The Labute approximate surface area is 170 Å². The first-order valence-electron chi connectivity index (χ1n) is 8.78. The van der Waals surface area contributed by atoms with E-state index in [1.807, 2.05) is 0 Å². The van der Waals surface area contributed by atoms with Crippen LogP contribution in [-0.2, 0) is 4.79 Å². The van der Waals surface area contributed by atoms with Crippen LogP contribution in [-0.4, -0.2) is 31.2 Å². The lowest BCUT2D eigenvalue weighted by Crippen LogP contribution is -2.37. The van der Waals surface area contributed by atoms with Crippen molar-refractivity contribution >= 4 is 16.9 Å². The molecule has 0 amide bonds. The standard InChI is InChI=1S/C21H13F8NO/c22-15-7-3-1-5-11(15)17(20(24,25)26)13-9-30-10-14(19(13)31)18(21(27,28)29)12-6-2-4-8-16(12)23/h1-8,30H,9-10H2. The summed E-state index contributed by atoms with van der Waals surface area (Å²) in [4.78, 5) is 12.9. The summed E-state index contributed by atoms with van der Waals surface area (Å²) in [6, 6.07) is 7.48. The first-order chi connectivity index (χ1) is 14.4. The van der Waals surface area contributed by atoms with Crippen LogP contribution in [0.15, 0.2) is 59.7 Å². The number of rotatable bonds is 2. The molecule has 0 radical (unpaired) electrons. The van der Waals surface area contributed by atoms with Crippen molar-refractivity contribution in [2.45, 2.75) is 12.4 Å². The predicted molar refractivity (Wildman–Crippen MR) is 96.6 cm³/mol. The zero-order chi connectivity index (χ0) is 23.0. The number of carbonyl (C=O) groups excluding carboxylic acids is 1. The maximum absolute atomic E-state index is 14.1. The maximum atomic E-state index is 14.1. The quantitative estimate of drug-likeness (QED) is 0.489. The van der Waals surface area contributed by atoms with E-state index in [4.69, 9.17) is 0 Å². The summed E-state index contributed by atoms with van der Waals surface area (Å²) >= 11 is 0. The second-order valence-electron chi connectivity index (χ2n) is 6.59. The van der Waals surface area contributed by atoms with Crippen molar-refractivity contribution in [3.8, 4) is 0 Å². The number of allylic oxidation sites excluding steroid dienone is 2. The lowest BCUT2D eigenvalue weighted by atomic mass is 9.86. The van der Waals surface area contributed by atoms with Crippen molar-refractivity contribution in [2.24, 2.45) is 0 Å². The molecule has 1 fully saturated rings. The number of piperidine rings is 1. The summed E-state index contributed by atoms with van der Waals surface area (Å²) < 4.78 is 111. The molecular formula is C21H13F8NO. The lowest BCUT2D eigenvalue weighted by Gasteiger charge is -2.26. The van der Waals surface area contributed by atoms with Gasteiger partial charge in [0.25, 0.3) is 0 Å². The van der Waals surface area contributed by atoms with Gasteiger partial charge in [0.05, 0.1) is 11.1 Å². The molecule has 31 heavy (non-hydrogen) atoms. The number of halogens is 8. The van der Waals surface area contributed by atoms with Gasteiger partial charge in [-0.25, -0.2) is 8.78 Å². The molecule has 0 unspecified atom stereocenters. The van der Waals surface area contributed by atoms with Crippen LogP contribution < -0.4 is 5.32 Å². The van der Waals surface area contributed by atoms with Crippen LogP contribution >= 0.6 is 0 Å². The summed E-state index contributed by atoms with van der Waals surface area (Å²) in [7, 11) is 0. The van der Waals surface area contributed by atoms with Crippen LogP contribution in [0.5, 0.6) is 0 Å². The Morgan fingerprint density at radius 3 is 1.35 bits per heavy atom. The molecular weight excluding hydrogens is 434 g/mol. The van der Waals surface area contributed by atoms with Gasteiger partial charge in [-0.2, -0.15) is 26.3 Å². The number of benzene rings is 2. The highest BCUT2D eigenvalue weighted by molar-refractivity contribution is 6.18. The normalized spacial score (nSPS) is 18.8. The van der Waals surface area contributed by atoms with E-state index in [-0.39, 0.29) is 0 Å². The summed E-state index contributed by atoms with van der Waals surface area (Å²) in [6.07, 6.45) is -10.5. The van der Waals surface area contributed by atoms with Crippen molar-refractivity contribution in [1.29, 1.82) is 0 Å². The van der Waals surface area contributed by atoms with E-state index in [0.717, 1.165) is 48.5 Å². The molecule has 0 saturated carbocycles. The van der Waals surface area contributed by atoms with Crippen molar-refractivity contribution < 1.29 is 39.9 Å². The molecule has 0 aromatic heterocycles. The van der Waals surface area contributed by atoms with E-state index in [9.17, 15) is 39.9 Å². The molecule has 1 heterocycles. The average molecular weight is 447 g/mol. The first-order valence-corrected chi connectivity index (χ1v) is 8.78. The van der Waals surface area contributed by atoms with Crippen molar-refractivity contribution in [2.75, 3.05) is 13.1 Å². The number of carbonyl (C=O) groups is 1. The summed E-state index contributed by atoms with van der Waals surface area (Å²) in [5.41, 5.74) is -7.48. The minimum Gasteiger partial charge on any atom is -0.308 e. The summed E-state index contributed by atoms with van der Waals surface area (Å²) in [6.45, 7) is -1.48. The fourth-order valence-electron chi connectivity index (χ4n) is 3.36. The van der Waals surface area contributed by atoms with E-state index in [1.165, 1.54) is 0 Å². The van der Waals surface area contributed by atoms with E-state index in [1.54, 1.807) is 0 Å². The smallest absolute Gasteiger partial charge is 0.308 e. The number of hydrogen-bond acceptors (Lipinski definition) is 2. The van der Waals surface area contributed by atoms with Gasteiger partial charge in [-0.05, 0) is 12.1 Å². The third kappa shape index (κ3) is 4.53. The number of alkyl halides is 6. The van der Waals surface area contributed by atoms with Crippen LogP contribution in [0.25, 0.3) is 11.1 Å². The second kappa shape index (κ2) is 8.26. The average Bonchev–Trinajstić information content (AvgIpc) is 2.66. The van der Waals surface area contributed by atoms with Crippen LogP contribution in [0, 0.1) is 11.6 Å². The topological polar surface area (TPSA) is 29.1 Å². The minimum absolute atomic E-state index is 0.736. The molecule has 2 nitrogen and oxygen atoms in total. The third-order valence-corrected chi connectivity index (χ3v) is 4.61. The molecule has 0 bridgehead atoms. The van der Waals surface area contributed by atoms with Gasteiger partial charge in [-0.1, -0.05) is 36.4 Å². The van der Waals surface area contributed by atoms with Gasteiger partial charge in [0, 0.05) is 35.4 Å². The van der Waals surface area contributed by atoms with Crippen molar-refractivity contribution in [3.63, 3.8) is 0 Å². The summed E-state index contributed by atoms with van der Waals surface area (Å²) in [5, 5.41) is 2.32. The van der Waals surface area contributed by atoms with Gasteiger partial charge >= 0.3 is 12.4 Å². The Bertz CT molecular complexity index is 996. The van der Waals surface area contributed by atoms with Crippen LogP contribution in [0.4, 0.5) is 35.1 Å². The molecule has 1 saturated heterocycles. The van der Waals surface area contributed by atoms with E-state index >= 15 is 0 Å². The molecule has 0 spiro atoms. The Morgan fingerprint density at radius 1 is 0.677 bits per heavy atom. The van der Waals surface area contributed by atoms with Crippen molar-refractivity contribution in [1.82, 2.24) is 5.32 Å². The molecule has 3 rings (SSSR count). The Hall–Kier alpha value is -3.01. The van der Waals surface area contributed by atoms with Crippen LogP contribution in [0.3, 0.4) is 0 Å². The molecule has 164 valence electrons. The highest BCUT2D eigenvalue weighted by atomic mass is 19.4. The van der Waals surface area contributed by atoms with E-state index < -0.39 is 76.3 Å². The van der Waals surface area contributed by atoms with Crippen molar-refractivity contribution in [3.05, 3.63) is 82.4 Å². The molecule has 0 aliphatic carbocycles. The van der Waals surface area contributed by atoms with Gasteiger partial charge in [0.2, 0.25) is 0 Å².